The Balaban J connectivity index is 2.73. The molecule has 6 heteroatoms. The molecule has 1 heterocycles. The van der Waals surface area contributed by atoms with Crippen molar-refractivity contribution < 1.29 is 14.7 Å². The molecular formula is C11H16N2O3S. The van der Waals surface area contributed by atoms with E-state index >= 15 is 0 Å². The fourth-order valence-corrected chi connectivity index (χ4v) is 2.32. The van der Waals surface area contributed by atoms with Crippen LogP contribution in [0, 0.1) is 5.92 Å². The normalized spacial score (nSPS) is 12.2. The molecule has 5 nitrogen and oxygen atoms in total. The highest BCUT2D eigenvalue weighted by Crippen LogP contribution is 2.16. The van der Waals surface area contributed by atoms with Crippen LogP contribution >= 0.6 is 11.3 Å². The second kappa shape index (κ2) is 5.77. The molecule has 0 radical (unpaired) electrons. The van der Waals surface area contributed by atoms with Crippen molar-refractivity contribution in [2.24, 2.45) is 5.92 Å². The van der Waals surface area contributed by atoms with Gasteiger partial charge in [-0.25, -0.2) is 4.98 Å². The Morgan fingerprint density at radius 1 is 1.59 bits per heavy atom. The molecule has 1 amide bonds. The smallest absolute Gasteiger partial charge is 0.308 e. The lowest BCUT2D eigenvalue weighted by atomic mass is 10.1. The van der Waals surface area contributed by atoms with E-state index in [1.54, 1.807) is 19.5 Å². The maximum absolute atomic E-state index is 12.0. The van der Waals surface area contributed by atoms with Gasteiger partial charge in [-0.05, 0) is 6.42 Å². The molecule has 1 atom stereocenters. The van der Waals surface area contributed by atoms with E-state index in [9.17, 15) is 9.59 Å². The second-order valence-electron chi connectivity index (χ2n) is 3.91. The van der Waals surface area contributed by atoms with Crippen molar-refractivity contribution in [3.8, 4) is 0 Å². The molecular weight excluding hydrogens is 240 g/mol. The molecule has 0 fully saturated rings. The minimum atomic E-state index is -0.898. The summed E-state index contributed by atoms with van der Waals surface area (Å²) in [5, 5.41) is 8.80. The van der Waals surface area contributed by atoms with Crippen molar-refractivity contribution in [1.29, 1.82) is 0 Å². The van der Waals surface area contributed by atoms with E-state index in [1.807, 2.05) is 6.92 Å². The van der Waals surface area contributed by atoms with Crippen LogP contribution in [-0.4, -0.2) is 40.5 Å². The number of aryl methyl sites for hydroxylation is 1. The summed E-state index contributed by atoms with van der Waals surface area (Å²) in [5.41, 5.74) is 2.41. The highest BCUT2D eigenvalue weighted by Gasteiger charge is 2.21. The number of carbonyl (C=O) groups excluding carboxylic acids is 1. The number of carboxylic acids is 1. The van der Waals surface area contributed by atoms with Gasteiger partial charge in [0.2, 0.25) is 0 Å². The van der Waals surface area contributed by atoms with E-state index in [1.165, 1.54) is 16.2 Å². The molecule has 0 aromatic carbocycles. The van der Waals surface area contributed by atoms with Gasteiger partial charge in [0.15, 0.2) is 0 Å². The van der Waals surface area contributed by atoms with Crippen LogP contribution in [0.5, 0.6) is 0 Å². The molecule has 0 aliphatic rings. The molecule has 1 N–H and O–H groups in total. The molecule has 0 aliphatic carbocycles. The Labute approximate surface area is 104 Å². The molecule has 0 spiro atoms. The number of amides is 1. The number of rotatable bonds is 5. The zero-order valence-electron chi connectivity index (χ0n) is 10.1. The first kappa shape index (κ1) is 13.6. The highest BCUT2D eigenvalue weighted by atomic mass is 32.1. The number of aromatic nitrogens is 1. The molecule has 1 aromatic heterocycles. The van der Waals surface area contributed by atoms with Gasteiger partial charge in [0.25, 0.3) is 5.91 Å². The van der Waals surface area contributed by atoms with Crippen LogP contribution in [0.2, 0.25) is 0 Å². The maximum atomic E-state index is 12.0. The van der Waals surface area contributed by atoms with Gasteiger partial charge in [-0.3, -0.25) is 9.59 Å². The van der Waals surface area contributed by atoms with E-state index in [0.717, 1.165) is 5.69 Å². The average molecular weight is 256 g/mol. The van der Waals surface area contributed by atoms with Gasteiger partial charge in [-0.1, -0.05) is 13.8 Å². The van der Waals surface area contributed by atoms with E-state index in [2.05, 4.69) is 4.98 Å². The van der Waals surface area contributed by atoms with Gasteiger partial charge in [-0.15, -0.1) is 11.3 Å². The summed E-state index contributed by atoms with van der Waals surface area (Å²) in [4.78, 5) is 28.9. The molecule has 1 aromatic rings. The van der Waals surface area contributed by atoms with E-state index in [0.29, 0.717) is 11.3 Å². The lowest BCUT2D eigenvalue weighted by Crippen LogP contribution is -2.33. The summed E-state index contributed by atoms with van der Waals surface area (Å²) >= 11 is 1.30. The van der Waals surface area contributed by atoms with E-state index in [-0.39, 0.29) is 12.5 Å². The van der Waals surface area contributed by atoms with E-state index in [4.69, 9.17) is 5.11 Å². The summed E-state index contributed by atoms with van der Waals surface area (Å²) in [6.07, 6.45) is 0.701. The zero-order valence-corrected chi connectivity index (χ0v) is 11.0. The van der Waals surface area contributed by atoms with Gasteiger partial charge >= 0.3 is 5.97 Å². The first-order chi connectivity index (χ1) is 7.97. The Morgan fingerprint density at radius 2 is 2.24 bits per heavy atom. The van der Waals surface area contributed by atoms with Crippen molar-refractivity contribution in [3.05, 3.63) is 16.1 Å². The third-order valence-corrected chi connectivity index (χ3v) is 3.34. The van der Waals surface area contributed by atoms with Crippen LogP contribution < -0.4 is 0 Å². The molecule has 0 saturated heterocycles. The monoisotopic (exact) mass is 256 g/mol. The number of aliphatic carboxylic acids is 1. The first-order valence-corrected chi connectivity index (χ1v) is 6.26. The van der Waals surface area contributed by atoms with E-state index < -0.39 is 11.9 Å². The van der Waals surface area contributed by atoms with Gasteiger partial charge < -0.3 is 10.0 Å². The topological polar surface area (TPSA) is 70.5 Å². The quantitative estimate of drug-likeness (QED) is 0.866. The molecule has 17 heavy (non-hydrogen) atoms. The Morgan fingerprint density at radius 3 is 2.76 bits per heavy atom. The molecule has 0 aliphatic heterocycles. The SMILES string of the molecule is CCc1ncsc1C(=O)N(C)CC(C)C(=O)O. The Kier molecular flexibility index (Phi) is 4.62. The maximum Gasteiger partial charge on any atom is 0.308 e. The summed E-state index contributed by atoms with van der Waals surface area (Å²) in [7, 11) is 1.61. The van der Waals surface area contributed by atoms with Gasteiger partial charge in [-0.2, -0.15) is 0 Å². The first-order valence-electron chi connectivity index (χ1n) is 5.38. The number of nitrogens with zero attached hydrogens (tertiary/aromatic N) is 2. The fourth-order valence-electron chi connectivity index (χ4n) is 1.44. The van der Waals surface area contributed by atoms with Gasteiger partial charge in [0.1, 0.15) is 4.88 Å². The summed E-state index contributed by atoms with van der Waals surface area (Å²) < 4.78 is 0. The minimum Gasteiger partial charge on any atom is -0.481 e. The lowest BCUT2D eigenvalue weighted by molar-refractivity contribution is -0.141. The fraction of sp³-hybridized carbons (Fsp3) is 0.545. The number of hydrogen-bond donors (Lipinski definition) is 1. The largest absolute Gasteiger partial charge is 0.481 e. The third kappa shape index (κ3) is 3.26. The van der Waals surface area contributed by atoms with Crippen LogP contribution in [0.15, 0.2) is 5.51 Å². The summed E-state index contributed by atoms with van der Waals surface area (Å²) in [6, 6.07) is 0. The molecule has 1 unspecified atom stereocenters. The lowest BCUT2D eigenvalue weighted by Gasteiger charge is -2.18. The van der Waals surface area contributed by atoms with Crippen molar-refractivity contribution in [3.63, 3.8) is 0 Å². The third-order valence-electron chi connectivity index (χ3n) is 2.49. The Bertz CT molecular complexity index is 417. The van der Waals surface area contributed by atoms with Gasteiger partial charge in [0, 0.05) is 13.6 Å². The molecule has 94 valence electrons. The van der Waals surface area contributed by atoms with Crippen molar-refractivity contribution in [1.82, 2.24) is 9.88 Å². The van der Waals surface area contributed by atoms with Crippen LogP contribution in [0.1, 0.15) is 29.2 Å². The summed E-state index contributed by atoms with van der Waals surface area (Å²) in [5.74, 6) is -1.62. The predicted octanol–water partition coefficient (Wildman–Crippen LogP) is 1.50. The van der Waals surface area contributed by atoms with Crippen LogP contribution in [0.4, 0.5) is 0 Å². The van der Waals surface area contributed by atoms with Gasteiger partial charge in [0.05, 0.1) is 17.1 Å². The molecule has 0 saturated carbocycles. The van der Waals surface area contributed by atoms with Crippen LogP contribution in [-0.2, 0) is 11.2 Å². The number of hydrogen-bond acceptors (Lipinski definition) is 4. The molecule has 0 bridgehead atoms. The average Bonchev–Trinajstić information content (AvgIpc) is 2.75. The Hall–Kier alpha value is -1.43. The predicted molar refractivity (Wildman–Crippen MR) is 65.3 cm³/mol. The highest BCUT2D eigenvalue weighted by molar-refractivity contribution is 7.11. The van der Waals surface area contributed by atoms with Crippen LogP contribution in [0.3, 0.4) is 0 Å². The number of carboxylic acid groups (broad SMARTS) is 1. The second-order valence-corrected chi connectivity index (χ2v) is 4.76. The van der Waals surface area contributed by atoms with Crippen molar-refractivity contribution in [2.75, 3.05) is 13.6 Å². The minimum absolute atomic E-state index is 0.155. The number of thiazole rings is 1. The number of carbonyl (C=O) groups is 2. The standard InChI is InChI=1S/C11H16N2O3S/c1-4-8-9(17-6-12-8)10(14)13(3)5-7(2)11(15)16/h6-7H,4-5H2,1-3H3,(H,15,16). The van der Waals surface area contributed by atoms with Crippen LogP contribution in [0.25, 0.3) is 0 Å². The van der Waals surface area contributed by atoms with Crippen molar-refractivity contribution in [2.45, 2.75) is 20.3 Å². The summed E-state index contributed by atoms with van der Waals surface area (Å²) in [6.45, 7) is 3.72. The zero-order chi connectivity index (χ0) is 13.0. The molecule has 1 rings (SSSR count). The van der Waals surface area contributed by atoms with Crippen molar-refractivity contribution >= 4 is 23.2 Å².